The van der Waals surface area contributed by atoms with Gasteiger partial charge in [0.25, 0.3) is 5.91 Å². The van der Waals surface area contributed by atoms with Crippen molar-refractivity contribution in [1.82, 2.24) is 10.3 Å². The molecule has 0 saturated heterocycles. The molecule has 2 rings (SSSR count). The van der Waals surface area contributed by atoms with E-state index in [4.69, 9.17) is 9.47 Å². The zero-order valence-corrected chi connectivity index (χ0v) is 14.9. The fourth-order valence-electron chi connectivity index (χ4n) is 2.06. The molecule has 1 heterocycles. The number of thiazole rings is 1. The van der Waals surface area contributed by atoms with Crippen LogP contribution in [0.1, 0.15) is 32.9 Å². The van der Waals surface area contributed by atoms with Crippen LogP contribution < -0.4 is 10.1 Å². The van der Waals surface area contributed by atoms with Crippen LogP contribution in [0.15, 0.2) is 24.3 Å². The maximum Gasteiger partial charge on any atom is 0.351 e. The average molecular weight is 348 g/mol. The first kappa shape index (κ1) is 17.9. The van der Waals surface area contributed by atoms with Crippen molar-refractivity contribution in [2.75, 3.05) is 7.11 Å². The van der Waals surface area contributed by atoms with E-state index in [2.05, 4.69) is 10.3 Å². The predicted octanol–water partition coefficient (Wildman–Crippen LogP) is 2.63. The number of nitrogens with one attached hydrogen (secondary N) is 1. The lowest BCUT2D eigenvalue weighted by Gasteiger charge is -2.13. The number of carbonyl (C=O) groups is 2. The highest BCUT2D eigenvalue weighted by molar-refractivity contribution is 7.13. The highest BCUT2D eigenvalue weighted by Gasteiger charge is 2.22. The van der Waals surface area contributed by atoms with Gasteiger partial charge in [-0.1, -0.05) is 12.1 Å². The smallest absolute Gasteiger partial charge is 0.351 e. The van der Waals surface area contributed by atoms with Gasteiger partial charge in [-0.2, -0.15) is 0 Å². The molecule has 128 valence electrons. The summed E-state index contributed by atoms with van der Waals surface area (Å²) in [6, 6.07) is 7.36. The number of ether oxygens (including phenoxy) is 2. The number of aryl methyl sites for hydroxylation is 2. The minimum Gasteiger partial charge on any atom is -0.497 e. The van der Waals surface area contributed by atoms with E-state index >= 15 is 0 Å². The highest BCUT2D eigenvalue weighted by Crippen LogP contribution is 2.18. The van der Waals surface area contributed by atoms with Crippen molar-refractivity contribution >= 4 is 23.2 Å². The Bertz CT molecular complexity index is 725. The van der Waals surface area contributed by atoms with E-state index in [1.165, 1.54) is 11.3 Å². The zero-order valence-electron chi connectivity index (χ0n) is 14.1. The summed E-state index contributed by atoms with van der Waals surface area (Å²) < 4.78 is 10.3. The summed E-state index contributed by atoms with van der Waals surface area (Å²) in [5.74, 6) is -0.120. The van der Waals surface area contributed by atoms with Crippen LogP contribution >= 0.6 is 11.3 Å². The summed E-state index contributed by atoms with van der Waals surface area (Å²) in [7, 11) is 1.60. The fraction of sp³-hybridized carbons (Fsp3) is 0.353. The minimum absolute atomic E-state index is 0.349. The number of carbonyl (C=O) groups excluding carboxylic acids is 2. The van der Waals surface area contributed by atoms with E-state index in [9.17, 15) is 9.59 Å². The number of nitrogens with zero attached hydrogens (tertiary/aromatic N) is 1. The molecule has 1 amide bonds. The van der Waals surface area contributed by atoms with Crippen LogP contribution in [0.25, 0.3) is 0 Å². The zero-order chi connectivity index (χ0) is 17.7. The van der Waals surface area contributed by atoms with Crippen LogP contribution in [0.4, 0.5) is 0 Å². The molecular weight excluding hydrogens is 328 g/mol. The quantitative estimate of drug-likeness (QED) is 0.812. The van der Waals surface area contributed by atoms with Crippen molar-refractivity contribution in [1.29, 1.82) is 0 Å². The third-order valence-electron chi connectivity index (χ3n) is 3.37. The number of hydrogen-bond acceptors (Lipinski definition) is 6. The Morgan fingerprint density at radius 3 is 2.46 bits per heavy atom. The van der Waals surface area contributed by atoms with E-state index in [0.29, 0.717) is 17.1 Å². The van der Waals surface area contributed by atoms with E-state index in [-0.39, 0.29) is 5.91 Å². The fourth-order valence-corrected chi connectivity index (χ4v) is 2.87. The first-order chi connectivity index (χ1) is 11.4. The molecule has 0 aliphatic rings. The molecule has 1 aromatic heterocycles. The molecule has 0 bridgehead atoms. The van der Waals surface area contributed by atoms with Crippen molar-refractivity contribution in [2.45, 2.75) is 33.4 Å². The van der Waals surface area contributed by atoms with Crippen molar-refractivity contribution < 1.29 is 19.1 Å². The minimum atomic E-state index is -0.877. The van der Waals surface area contributed by atoms with Gasteiger partial charge in [0, 0.05) is 6.54 Å². The van der Waals surface area contributed by atoms with Crippen molar-refractivity contribution in [2.24, 2.45) is 0 Å². The Hall–Kier alpha value is -2.41. The van der Waals surface area contributed by atoms with Gasteiger partial charge in [0.2, 0.25) is 0 Å². The molecule has 1 atom stereocenters. The van der Waals surface area contributed by atoms with Gasteiger partial charge >= 0.3 is 5.97 Å². The third kappa shape index (κ3) is 4.55. The summed E-state index contributed by atoms with van der Waals surface area (Å²) in [4.78, 5) is 28.8. The van der Waals surface area contributed by atoms with Gasteiger partial charge in [-0.3, -0.25) is 4.79 Å². The van der Waals surface area contributed by atoms with E-state index < -0.39 is 12.1 Å². The Labute approximate surface area is 144 Å². The van der Waals surface area contributed by atoms with Gasteiger partial charge in [-0.15, -0.1) is 11.3 Å². The molecule has 0 aliphatic carbocycles. The van der Waals surface area contributed by atoms with Gasteiger partial charge in [-0.05, 0) is 38.5 Å². The normalized spacial score (nSPS) is 11.7. The first-order valence-corrected chi connectivity index (χ1v) is 8.28. The number of methoxy groups -OCH3 is 1. The van der Waals surface area contributed by atoms with Gasteiger partial charge in [0.1, 0.15) is 10.6 Å². The predicted molar refractivity (Wildman–Crippen MR) is 91.3 cm³/mol. The third-order valence-corrected chi connectivity index (χ3v) is 4.42. The number of amides is 1. The maximum absolute atomic E-state index is 12.1. The molecule has 0 fully saturated rings. The Morgan fingerprint density at radius 1 is 1.25 bits per heavy atom. The number of aromatic nitrogens is 1. The SMILES string of the molecule is COc1ccc(CNC(=O)C(C)OC(=O)c2sc(C)nc2C)cc1. The van der Waals surface area contributed by atoms with Crippen LogP contribution in [-0.4, -0.2) is 30.1 Å². The molecule has 0 radical (unpaired) electrons. The standard InChI is InChI=1S/C17H20N2O4S/c1-10-15(24-12(3)19-10)17(21)23-11(2)16(20)18-9-13-5-7-14(22-4)8-6-13/h5-8,11H,9H2,1-4H3,(H,18,20). The lowest BCUT2D eigenvalue weighted by atomic mass is 10.2. The molecule has 6 nitrogen and oxygen atoms in total. The van der Waals surface area contributed by atoms with Gasteiger partial charge in [0.05, 0.1) is 17.8 Å². The first-order valence-electron chi connectivity index (χ1n) is 7.46. The van der Waals surface area contributed by atoms with Gasteiger partial charge < -0.3 is 14.8 Å². The van der Waals surface area contributed by atoms with Gasteiger partial charge in [-0.25, -0.2) is 9.78 Å². The number of rotatable bonds is 6. The molecule has 7 heteroatoms. The second kappa shape index (κ2) is 7.92. The Morgan fingerprint density at radius 2 is 1.92 bits per heavy atom. The highest BCUT2D eigenvalue weighted by atomic mass is 32.1. The monoisotopic (exact) mass is 348 g/mol. The molecule has 1 N–H and O–H groups in total. The van der Waals surface area contributed by atoms with E-state index in [1.807, 2.05) is 31.2 Å². The van der Waals surface area contributed by atoms with Crippen molar-refractivity contribution in [3.05, 3.63) is 45.4 Å². The molecule has 2 aromatic rings. The molecule has 1 unspecified atom stereocenters. The number of esters is 1. The summed E-state index contributed by atoms with van der Waals surface area (Å²) in [6.45, 7) is 5.46. The molecular formula is C17H20N2O4S. The van der Waals surface area contributed by atoms with Gasteiger partial charge in [0.15, 0.2) is 6.10 Å². The maximum atomic E-state index is 12.1. The van der Waals surface area contributed by atoms with Crippen LogP contribution in [0.5, 0.6) is 5.75 Å². The van der Waals surface area contributed by atoms with Crippen LogP contribution in [-0.2, 0) is 16.1 Å². The van der Waals surface area contributed by atoms with E-state index in [0.717, 1.165) is 16.3 Å². The summed E-state index contributed by atoms with van der Waals surface area (Å²) in [5, 5.41) is 3.53. The second-order valence-electron chi connectivity index (χ2n) is 5.26. The van der Waals surface area contributed by atoms with E-state index in [1.54, 1.807) is 21.0 Å². The number of benzene rings is 1. The molecule has 0 saturated carbocycles. The topological polar surface area (TPSA) is 77.5 Å². The Kier molecular flexibility index (Phi) is 5.92. The van der Waals surface area contributed by atoms with Crippen LogP contribution in [0.3, 0.4) is 0 Å². The summed E-state index contributed by atoms with van der Waals surface area (Å²) in [5.41, 5.74) is 1.55. The average Bonchev–Trinajstić information content (AvgIpc) is 2.91. The van der Waals surface area contributed by atoms with Crippen LogP contribution in [0, 0.1) is 13.8 Å². The molecule has 1 aromatic carbocycles. The lowest BCUT2D eigenvalue weighted by molar-refractivity contribution is -0.129. The number of hydrogen-bond donors (Lipinski definition) is 1. The molecule has 24 heavy (non-hydrogen) atoms. The molecule has 0 aliphatic heterocycles. The molecule has 0 spiro atoms. The second-order valence-corrected chi connectivity index (χ2v) is 6.46. The Balaban J connectivity index is 1.87. The van der Waals surface area contributed by atoms with Crippen LogP contribution in [0.2, 0.25) is 0 Å². The summed E-state index contributed by atoms with van der Waals surface area (Å²) in [6.07, 6.45) is -0.877. The lowest BCUT2D eigenvalue weighted by Crippen LogP contribution is -2.35. The van der Waals surface area contributed by atoms with Crippen molar-refractivity contribution in [3.8, 4) is 5.75 Å². The van der Waals surface area contributed by atoms with Crippen molar-refractivity contribution in [3.63, 3.8) is 0 Å². The largest absolute Gasteiger partial charge is 0.497 e. The summed E-state index contributed by atoms with van der Waals surface area (Å²) >= 11 is 1.26.